The summed E-state index contributed by atoms with van der Waals surface area (Å²) in [6, 6.07) is 168. The van der Waals surface area contributed by atoms with E-state index in [0.717, 1.165) is 77.7 Å². The van der Waals surface area contributed by atoms with E-state index in [1.165, 1.54) is 191 Å². The predicted molar refractivity (Wildman–Crippen MR) is 611 cm³/mol. The first-order valence-electron chi connectivity index (χ1n) is 51.9. The van der Waals surface area contributed by atoms with Crippen LogP contribution in [0.3, 0.4) is 0 Å². The molecular weight excluding hydrogens is 1740 g/mol. The van der Waals surface area contributed by atoms with E-state index in [9.17, 15) is 0 Å². The van der Waals surface area contributed by atoms with Gasteiger partial charge in [-0.15, -0.1) is 0 Å². The number of benzene rings is 19. The van der Waals surface area contributed by atoms with Gasteiger partial charge in [0.25, 0.3) is 0 Å². The predicted octanol–water partition coefficient (Wildman–Crippen LogP) is 38.6. The third-order valence-electron chi connectivity index (χ3n) is 30.6. The molecule has 0 amide bonds. The molecule has 2 aliphatic rings. The van der Waals surface area contributed by atoms with Gasteiger partial charge in [-0.2, -0.15) is 0 Å². The Labute approximate surface area is 850 Å². The van der Waals surface area contributed by atoms with Gasteiger partial charge < -0.3 is 28.6 Å². The standard InChI is InChI=1S/C72H65N3.C66H60N2O/c1-6-51(53-28-37-65(38-29-53)74(63-20-14-9-15-21-63)67-41-32-55-26-27-57(55)47-67)46-50(2)52-22-24-54(25-23-52)58-33-44-70-68(48-58)69-49-59(34-45-71(69)75(70)66-42-35-60(36-43-66)72(3,4)5)56-30-39-64(40-31-56)73(61-16-10-7-11-17-61)62-18-12-8-13-19-62;1-6-46(48-25-36-60(37-26-48)69-61-38-27-50-21-22-52(50)42-61)41-45(2)47-17-19-49(20-18-47)53-28-39-64-62(43-53)63-44-54(29-40-65(63)68(64)59-34-30-55(31-35-59)66(3,4)5)51-23-32-58(33-24-51)67(56-13-9-7-10-14-56)57-15-11-8-12-16-57/h7-25,28-45,47-51H,6,26-27,46H2,1-5H3;7-20,23-40,42-46H,6,21-22,41H2,1-5H3. The molecule has 23 rings (SSSR count). The van der Waals surface area contributed by atoms with Gasteiger partial charge in [0.2, 0.25) is 0 Å². The highest BCUT2D eigenvalue weighted by atomic mass is 16.5. The van der Waals surface area contributed by atoms with E-state index >= 15 is 0 Å². The van der Waals surface area contributed by atoms with E-state index in [0.29, 0.717) is 23.7 Å². The molecule has 4 unspecified atom stereocenters. The Kier molecular flexibility index (Phi) is 25.9. The first-order chi connectivity index (χ1) is 70.3. The highest BCUT2D eigenvalue weighted by molar-refractivity contribution is 6.13. The van der Waals surface area contributed by atoms with Gasteiger partial charge in [0, 0.05) is 84.1 Å². The molecule has 6 heteroatoms. The van der Waals surface area contributed by atoms with Crippen molar-refractivity contribution in [1.82, 2.24) is 9.13 Å². The molecule has 6 nitrogen and oxygen atoms in total. The van der Waals surface area contributed by atoms with Gasteiger partial charge in [-0.1, -0.05) is 318 Å². The Balaban J connectivity index is 0.000000165. The van der Waals surface area contributed by atoms with Crippen molar-refractivity contribution in [1.29, 1.82) is 0 Å². The summed E-state index contributed by atoms with van der Waals surface area (Å²) in [4.78, 5) is 7.03. The number of rotatable bonds is 27. The summed E-state index contributed by atoms with van der Waals surface area (Å²) in [6.45, 7) is 23.1. The highest BCUT2D eigenvalue weighted by Gasteiger charge is 2.27. The van der Waals surface area contributed by atoms with E-state index < -0.39 is 0 Å². The number of hydrogen-bond donors (Lipinski definition) is 0. The van der Waals surface area contributed by atoms with Gasteiger partial charge in [0.15, 0.2) is 0 Å². The van der Waals surface area contributed by atoms with Crippen LogP contribution in [0.15, 0.2) is 455 Å². The van der Waals surface area contributed by atoms with Crippen molar-refractivity contribution in [3.8, 4) is 67.4 Å². The number of ether oxygens (including phenoxy) is 1. The van der Waals surface area contributed by atoms with Crippen LogP contribution < -0.4 is 19.4 Å². The van der Waals surface area contributed by atoms with Gasteiger partial charge in [-0.05, 0) is 392 Å². The number of nitrogens with zero attached hydrogens (tertiary/aromatic N) is 5. The minimum absolute atomic E-state index is 0.0739. The number of aromatic nitrogens is 2. The average Bonchev–Trinajstić information content (AvgIpc) is 1.58. The van der Waals surface area contributed by atoms with E-state index in [1.807, 2.05) is 0 Å². The Morgan fingerprint density at radius 1 is 0.236 bits per heavy atom. The molecule has 2 aliphatic carbocycles. The summed E-state index contributed by atoms with van der Waals surface area (Å²) in [6.07, 6.45) is 9.08. The highest BCUT2D eigenvalue weighted by Crippen LogP contribution is 2.48. The van der Waals surface area contributed by atoms with Gasteiger partial charge >= 0.3 is 0 Å². The normalized spacial score (nSPS) is 13.1. The van der Waals surface area contributed by atoms with Crippen molar-refractivity contribution >= 4 is 94.8 Å². The smallest absolute Gasteiger partial charge is 0.127 e. The molecule has 2 aromatic heterocycles. The molecular formula is C138H125N5O. The molecule has 0 saturated heterocycles. The van der Waals surface area contributed by atoms with E-state index in [2.05, 4.69) is 548 Å². The maximum atomic E-state index is 6.25. The summed E-state index contributed by atoms with van der Waals surface area (Å²) in [5.41, 5.74) is 41.4. The van der Waals surface area contributed by atoms with Crippen molar-refractivity contribution in [2.24, 2.45) is 0 Å². The second-order valence-corrected chi connectivity index (χ2v) is 41.8. The zero-order chi connectivity index (χ0) is 98.1. The molecule has 0 aliphatic heterocycles. The second kappa shape index (κ2) is 40.2. The maximum absolute atomic E-state index is 6.25. The molecule has 0 fully saturated rings. The molecule has 0 spiro atoms. The fraction of sp³-hybridized carbons (Fsp3) is 0.174. The minimum atomic E-state index is 0.0739. The Bertz CT molecular complexity index is 8000. The van der Waals surface area contributed by atoms with Crippen molar-refractivity contribution in [2.75, 3.05) is 14.7 Å². The van der Waals surface area contributed by atoms with Crippen molar-refractivity contribution in [3.05, 3.63) is 511 Å². The number of para-hydroxylation sites is 5. The van der Waals surface area contributed by atoms with Crippen molar-refractivity contribution in [2.45, 2.75) is 155 Å². The largest absolute Gasteiger partial charge is 0.457 e. The molecule has 2 heterocycles. The van der Waals surface area contributed by atoms with Gasteiger partial charge in [0.1, 0.15) is 11.5 Å². The molecule has 708 valence electrons. The molecule has 21 aromatic rings. The molecule has 0 bridgehead atoms. The maximum Gasteiger partial charge on any atom is 0.127 e. The topological polar surface area (TPSA) is 28.8 Å². The van der Waals surface area contributed by atoms with E-state index in [1.54, 1.807) is 0 Å². The summed E-state index contributed by atoms with van der Waals surface area (Å²) in [7, 11) is 0. The molecule has 4 atom stereocenters. The van der Waals surface area contributed by atoms with Crippen LogP contribution in [0.5, 0.6) is 11.5 Å². The summed E-state index contributed by atoms with van der Waals surface area (Å²) in [5.74, 6) is 3.58. The van der Waals surface area contributed by atoms with E-state index in [-0.39, 0.29) is 10.8 Å². The quantitative estimate of drug-likeness (QED) is 0.0513. The second-order valence-electron chi connectivity index (χ2n) is 41.8. The van der Waals surface area contributed by atoms with Crippen LogP contribution in [-0.4, -0.2) is 9.13 Å². The van der Waals surface area contributed by atoms with Crippen LogP contribution in [-0.2, 0) is 36.5 Å². The molecule has 0 radical (unpaired) electrons. The van der Waals surface area contributed by atoms with Gasteiger partial charge in [-0.25, -0.2) is 0 Å². The Morgan fingerprint density at radius 3 is 0.792 bits per heavy atom. The lowest BCUT2D eigenvalue weighted by Gasteiger charge is -2.29. The van der Waals surface area contributed by atoms with E-state index in [4.69, 9.17) is 4.74 Å². The van der Waals surface area contributed by atoms with Crippen LogP contribution in [0.1, 0.15) is 174 Å². The molecule has 0 N–H and O–H groups in total. The van der Waals surface area contributed by atoms with Gasteiger partial charge in [0.05, 0.1) is 22.1 Å². The monoisotopic (exact) mass is 1870 g/mol. The number of aryl methyl sites for hydroxylation is 4. The van der Waals surface area contributed by atoms with Crippen LogP contribution in [0, 0.1) is 0 Å². The lowest BCUT2D eigenvalue weighted by Crippen LogP contribution is -2.14. The Morgan fingerprint density at radius 2 is 0.493 bits per heavy atom. The van der Waals surface area contributed by atoms with Gasteiger partial charge in [-0.3, -0.25) is 0 Å². The molecule has 144 heavy (non-hydrogen) atoms. The summed E-state index contributed by atoms with van der Waals surface area (Å²) in [5, 5.41) is 4.98. The molecule has 0 saturated carbocycles. The SMILES string of the molecule is CCC(CC(C)c1ccc(-c2ccc3c(c2)c2cc(-c4ccc(N(c5ccccc5)c5ccccc5)cc4)ccc2n3-c2ccc(C(C)(C)C)cc2)cc1)c1ccc(N(c2ccccc2)c2ccc3c(c2)CC3)cc1.CCC(CC(C)c1ccc(-c2ccc3c(c2)c2cc(-c4ccc(N(c5ccccc5)c5ccccc5)cc4)ccc2n3-c2ccc(C(C)(C)C)cc2)cc1)c1ccc(Oc2ccc3c(c2)CC3)cc1. The first kappa shape index (κ1) is 93.0. The lowest BCUT2D eigenvalue weighted by molar-refractivity contribution is 0.479. The zero-order valence-corrected chi connectivity index (χ0v) is 84.4. The number of anilines is 9. The van der Waals surface area contributed by atoms with Crippen LogP contribution >= 0.6 is 0 Å². The lowest BCUT2D eigenvalue weighted by atomic mass is 9.84. The molecule has 19 aromatic carbocycles. The van der Waals surface area contributed by atoms with Crippen LogP contribution in [0.4, 0.5) is 51.2 Å². The third kappa shape index (κ3) is 19.2. The van der Waals surface area contributed by atoms with Crippen LogP contribution in [0.25, 0.3) is 99.5 Å². The summed E-state index contributed by atoms with van der Waals surface area (Å²) < 4.78 is 11.1. The minimum Gasteiger partial charge on any atom is -0.457 e. The van der Waals surface area contributed by atoms with Crippen molar-refractivity contribution < 1.29 is 4.74 Å². The first-order valence-corrected chi connectivity index (χ1v) is 51.9. The Hall–Kier alpha value is -16.0. The summed E-state index contributed by atoms with van der Waals surface area (Å²) >= 11 is 0. The van der Waals surface area contributed by atoms with Crippen molar-refractivity contribution in [3.63, 3.8) is 0 Å². The third-order valence-corrected chi connectivity index (χ3v) is 30.6. The van der Waals surface area contributed by atoms with Crippen LogP contribution in [0.2, 0.25) is 0 Å². The fourth-order valence-corrected chi connectivity index (χ4v) is 22.0. The average molecular weight is 1870 g/mol. The fourth-order valence-electron chi connectivity index (χ4n) is 22.0. The zero-order valence-electron chi connectivity index (χ0n) is 84.4. The number of fused-ring (bicyclic) bond motifs is 8. The number of hydrogen-bond acceptors (Lipinski definition) is 4.